The van der Waals surface area contributed by atoms with Crippen molar-refractivity contribution in [1.29, 1.82) is 0 Å². The van der Waals surface area contributed by atoms with Gasteiger partial charge in [-0.15, -0.1) is 11.3 Å². The van der Waals surface area contributed by atoms with Crippen LogP contribution >= 0.6 is 34.5 Å². The second kappa shape index (κ2) is 8.70. The summed E-state index contributed by atoms with van der Waals surface area (Å²) in [6, 6.07) is 14.4. The molecule has 0 saturated carbocycles. The van der Waals surface area contributed by atoms with Gasteiger partial charge >= 0.3 is 0 Å². The first kappa shape index (κ1) is 21.4. The van der Waals surface area contributed by atoms with E-state index < -0.39 is 0 Å². The molecule has 2 heterocycles. The number of nitrogens with one attached hydrogen (secondary N) is 2. The molecule has 0 unspecified atom stereocenters. The van der Waals surface area contributed by atoms with Crippen molar-refractivity contribution in [2.75, 3.05) is 10.6 Å². The quantitative estimate of drug-likeness (QED) is 0.375. The summed E-state index contributed by atoms with van der Waals surface area (Å²) in [6.45, 7) is 3.84. The topological polar surface area (TPSA) is 76.0 Å². The first-order chi connectivity index (χ1) is 14.8. The van der Waals surface area contributed by atoms with Crippen LogP contribution < -0.4 is 10.6 Å². The Morgan fingerprint density at radius 1 is 1.06 bits per heavy atom. The molecular weight excluding hydrogens is 455 g/mol. The number of benzene rings is 2. The highest BCUT2D eigenvalue weighted by Crippen LogP contribution is 2.31. The van der Waals surface area contributed by atoms with Crippen molar-refractivity contribution in [1.82, 2.24) is 9.78 Å². The number of carbonyl (C=O) groups excluding carboxylic acids is 2. The largest absolute Gasteiger partial charge is 0.326 e. The minimum absolute atomic E-state index is 0.206. The molecule has 0 atom stereocenters. The van der Waals surface area contributed by atoms with Crippen LogP contribution in [-0.2, 0) is 11.3 Å². The fourth-order valence-electron chi connectivity index (χ4n) is 3.21. The van der Waals surface area contributed by atoms with Crippen LogP contribution in [0.1, 0.15) is 27.9 Å². The number of aryl methyl sites for hydroxylation is 1. The van der Waals surface area contributed by atoms with Gasteiger partial charge in [0.25, 0.3) is 5.91 Å². The lowest BCUT2D eigenvalue weighted by Crippen LogP contribution is -2.12. The standard InChI is InChI=1S/C22H18Cl2N4O2S/c1-12-16-10-20(21(30)26-19-9-15(25-13(2)29)7-8-18(19)24)31-22(16)28(27-12)11-14-5-3-4-6-17(14)23/h3-10H,11H2,1-2H3,(H,25,29)(H,26,30). The molecule has 31 heavy (non-hydrogen) atoms. The van der Waals surface area contributed by atoms with Crippen LogP contribution in [0.3, 0.4) is 0 Å². The Hall–Kier alpha value is -2.87. The maximum atomic E-state index is 12.9. The number of aromatic nitrogens is 2. The first-order valence-corrected chi connectivity index (χ1v) is 11.0. The van der Waals surface area contributed by atoms with Gasteiger partial charge in [0.05, 0.1) is 27.8 Å². The van der Waals surface area contributed by atoms with Gasteiger partial charge < -0.3 is 10.6 Å². The molecule has 0 saturated heterocycles. The molecule has 4 aromatic rings. The Bertz CT molecular complexity index is 1310. The van der Waals surface area contributed by atoms with Crippen molar-refractivity contribution < 1.29 is 9.59 Å². The SMILES string of the molecule is CC(=O)Nc1ccc(Cl)c(NC(=O)c2cc3c(C)nn(Cc4ccccc4Cl)c3s2)c1. The van der Waals surface area contributed by atoms with E-state index >= 15 is 0 Å². The van der Waals surface area contributed by atoms with Crippen molar-refractivity contribution >= 4 is 67.9 Å². The van der Waals surface area contributed by atoms with Gasteiger partial charge in [0.1, 0.15) is 4.83 Å². The minimum atomic E-state index is -0.285. The smallest absolute Gasteiger partial charge is 0.265 e. The Labute approximate surface area is 192 Å². The lowest BCUT2D eigenvalue weighted by Gasteiger charge is -2.09. The van der Waals surface area contributed by atoms with E-state index in [-0.39, 0.29) is 11.8 Å². The highest BCUT2D eigenvalue weighted by Gasteiger charge is 2.18. The number of amides is 2. The molecule has 6 nitrogen and oxygen atoms in total. The van der Waals surface area contributed by atoms with Gasteiger partial charge in [-0.2, -0.15) is 5.10 Å². The van der Waals surface area contributed by atoms with Crippen LogP contribution in [-0.4, -0.2) is 21.6 Å². The summed E-state index contributed by atoms with van der Waals surface area (Å²) in [5, 5.41) is 12.1. The van der Waals surface area contributed by atoms with E-state index in [1.54, 1.807) is 18.2 Å². The van der Waals surface area contributed by atoms with Crippen molar-refractivity contribution in [3.63, 3.8) is 0 Å². The molecule has 158 valence electrons. The third-order valence-electron chi connectivity index (χ3n) is 4.64. The van der Waals surface area contributed by atoms with Crippen molar-refractivity contribution in [2.45, 2.75) is 20.4 Å². The normalized spacial score (nSPS) is 11.0. The molecule has 2 aromatic heterocycles. The third-order valence-corrected chi connectivity index (χ3v) is 6.49. The second-order valence-corrected chi connectivity index (χ2v) is 8.84. The number of anilines is 2. The van der Waals surface area contributed by atoms with Crippen molar-refractivity contribution in [2.24, 2.45) is 0 Å². The summed E-state index contributed by atoms with van der Waals surface area (Å²) in [6.07, 6.45) is 0. The molecule has 0 aliphatic rings. The number of carbonyl (C=O) groups is 2. The van der Waals surface area contributed by atoms with Gasteiger partial charge in [-0.1, -0.05) is 41.4 Å². The molecule has 4 rings (SSSR count). The van der Waals surface area contributed by atoms with E-state index in [1.165, 1.54) is 18.3 Å². The van der Waals surface area contributed by atoms with Crippen LogP contribution in [0.5, 0.6) is 0 Å². The van der Waals surface area contributed by atoms with Crippen LogP contribution in [0, 0.1) is 6.92 Å². The van der Waals surface area contributed by atoms with Gasteiger partial charge in [-0.05, 0) is 42.8 Å². The second-order valence-electron chi connectivity index (χ2n) is 6.99. The molecule has 0 aliphatic carbocycles. The van der Waals surface area contributed by atoms with Gasteiger partial charge in [0, 0.05) is 23.0 Å². The zero-order chi connectivity index (χ0) is 22.1. The van der Waals surface area contributed by atoms with Crippen molar-refractivity contribution in [3.05, 3.63) is 74.7 Å². The molecule has 2 aromatic carbocycles. The monoisotopic (exact) mass is 472 g/mol. The minimum Gasteiger partial charge on any atom is -0.326 e. The number of fused-ring (bicyclic) bond motifs is 1. The van der Waals surface area contributed by atoms with Gasteiger partial charge in [0.2, 0.25) is 5.91 Å². The maximum Gasteiger partial charge on any atom is 0.265 e. The fourth-order valence-corrected chi connectivity index (χ4v) is 4.62. The summed E-state index contributed by atoms with van der Waals surface area (Å²) in [5.41, 5.74) is 2.76. The average Bonchev–Trinajstić information content (AvgIpc) is 3.27. The lowest BCUT2D eigenvalue weighted by atomic mass is 10.2. The molecular formula is C22H18Cl2N4O2S. The molecule has 0 bridgehead atoms. The summed E-state index contributed by atoms with van der Waals surface area (Å²) < 4.78 is 1.86. The number of thiophene rings is 1. The van der Waals surface area contributed by atoms with Crippen LogP contribution in [0.25, 0.3) is 10.2 Å². The Kier molecular flexibility index (Phi) is 6.00. The summed E-state index contributed by atoms with van der Waals surface area (Å²) >= 11 is 13.9. The summed E-state index contributed by atoms with van der Waals surface area (Å²) in [5.74, 6) is -0.491. The Morgan fingerprint density at radius 2 is 1.84 bits per heavy atom. The predicted molar refractivity (Wildman–Crippen MR) is 127 cm³/mol. The zero-order valence-electron chi connectivity index (χ0n) is 16.7. The maximum absolute atomic E-state index is 12.9. The number of nitrogens with zero attached hydrogens (tertiary/aromatic N) is 2. The highest BCUT2D eigenvalue weighted by molar-refractivity contribution is 7.20. The number of halogens is 2. The fraction of sp³-hybridized carbons (Fsp3) is 0.136. The van der Waals surface area contributed by atoms with Crippen LogP contribution in [0.15, 0.2) is 48.5 Å². The zero-order valence-corrected chi connectivity index (χ0v) is 19.0. The van der Waals surface area contributed by atoms with E-state index in [2.05, 4.69) is 15.7 Å². The van der Waals surface area contributed by atoms with Gasteiger partial charge in [-0.3, -0.25) is 14.3 Å². The summed E-state index contributed by atoms with van der Waals surface area (Å²) in [7, 11) is 0. The van der Waals surface area contributed by atoms with Gasteiger partial charge in [0.15, 0.2) is 0 Å². The Morgan fingerprint density at radius 3 is 2.58 bits per heavy atom. The van der Waals surface area contributed by atoms with E-state index in [9.17, 15) is 9.59 Å². The third kappa shape index (κ3) is 4.58. The van der Waals surface area contributed by atoms with Crippen LogP contribution in [0.4, 0.5) is 11.4 Å². The average molecular weight is 473 g/mol. The molecule has 2 N–H and O–H groups in total. The van der Waals surface area contributed by atoms with Gasteiger partial charge in [-0.25, -0.2) is 0 Å². The van der Waals surface area contributed by atoms with Crippen molar-refractivity contribution in [3.8, 4) is 0 Å². The van der Waals surface area contributed by atoms with E-state index in [0.29, 0.717) is 32.8 Å². The molecule has 0 fully saturated rings. The molecule has 0 aliphatic heterocycles. The van der Waals surface area contributed by atoms with Crippen LogP contribution in [0.2, 0.25) is 10.0 Å². The molecule has 0 radical (unpaired) electrons. The number of hydrogen-bond donors (Lipinski definition) is 2. The Balaban J connectivity index is 1.61. The first-order valence-electron chi connectivity index (χ1n) is 9.40. The highest BCUT2D eigenvalue weighted by atomic mass is 35.5. The van der Waals surface area contributed by atoms with E-state index in [0.717, 1.165) is 21.5 Å². The lowest BCUT2D eigenvalue weighted by molar-refractivity contribution is -0.114. The molecule has 0 spiro atoms. The molecule has 9 heteroatoms. The number of hydrogen-bond acceptors (Lipinski definition) is 4. The molecule has 2 amide bonds. The number of rotatable bonds is 5. The predicted octanol–water partition coefficient (Wildman–Crippen LogP) is 5.97. The summed E-state index contributed by atoms with van der Waals surface area (Å²) in [4.78, 5) is 25.6. The van der Waals surface area contributed by atoms with E-state index in [1.807, 2.05) is 41.9 Å². The van der Waals surface area contributed by atoms with E-state index in [4.69, 9.17) is 23.2 Å².